The number of ether oxygens (including phenoxy) is 1. The lowest BCUT2D eigenvalue weighted by molar-refractivity contribution is -0.139. The molecule has 28 heavy (non-hydrogen) atoms. The van der Waals surface area contributed by atoms with Crippen molar-refractivity contribution in [3.8, 4) is 5.88 Å². The molecule has 154 valence electrons. The van der Waals surface area contributed by atoms with Crippen LogP contribution in [0, 0.1) is 0 Å². The molecule has 1 aromatic rings. The third-order valence-corrected chi connectivity index (χ3v) is 3.34. The first kappa shape index (κ1) is 23.0. The van der Waals surface area contributed by atoms with Crippen LogP contribution in [0.15, 0.2) is 31.4 Å². The molecular formula is C17H21F3N4O4. The highest BCUT2D eigenvalue weighted by Crippen LogP contribution is 2.37. The quantitative estimate of drug-likeness (QED) is 0.283. The highest BCUT2D eigenvalue weighted by atomic mass is 19.4. The molecule has 0 aliphatic rings. The van der Waals surface area contributed by atoms with Crippen molar-refractivity contribution in [2.24, 2.45) is 0 Å². The summed E-state index contributed by atoms with van der Waals surface area (Å²) >= 11 is 0. The summed E-state index contributed by atoms with van der Waals surface area (Å²) in [5.41, 5.74) is 6.99. The van der Waals surface area contributed by atoms with Gasteiger partial charge in [0.15, 0.2) is 5.69 Å². The Morgan fingerprint density at radius 3 is 2.50 bits per heavy atom. The van der Waals surface area contributed by atoms with E-state index in [9.17, 15) is 27.9 Å². The predicted octanol–water partition coefficient (Wildman–Crippen LogP) is 1.73. The Hall–Kier alpha value is -3.08. The SMILES string of the molecule is C=CCCOc1nc(C(=O)NNC(=O)C(O)CCC=C)c(N)cc1C(F)(F)F. The molecule has 1 aromatic heterocycles. The van der Waals surface area contributed by atoms with E-state index in [1.165, 1.54) is 12.2 Å². The van der Waals surface area contributed by atoms with E-state index >= 15 is 0 Å². The Balaban J connectivity index is 2.97. The average Bonchev–Trinajstić information content (AvgIpc) is 2.63. The first-order valence-electron chi connectivity index (χ1n) is 8.12. The van der Waals surface area contributed by atoms with Gasteiger partial charge in [0.25, 0.3) is 11.8 Å². The van der Waals surface area contributed by atoms with Crippen LogP contribution in [0.5, 0.6) is 5.88 Å². The summed E-state index contributed by atoms with van der Waals surface area (Å²) in [4.78, 5) is 27.3. The van der Waals surface area contributed by atoms with Gasteiger partial charge in [-0.25, -0.2) is 4.98 Å². The lowest BCUT2D eigenvalue weighted by Gasteiger charge is -2.16. The Bertz CT molecular complexity index is 738. The summed E-state index contributed by atoms with van der Waals surface area (Å²) in [6.07, 6.45) is -2.59. The van der Waals surface area contributed by atoms with Crippen molar-refractivity contribution in [2.75, 3.05) is 12.3 Å². The summed E-state index contributed by atoms with van der Waals surface area (Å²) in [7, 11) is 0. The lowest BCUT2D eigenvalue weighted by atomic mass is 10.2. The second kappa shape index (κ2) is 10.3. The van der Waals surface area contributed by atoms with E-state index in [4.69, 9.17) is 10.5 Å². The van der Waals surface area contributed by atoms with Gasteiger partial charge in [0.2, 0.25) is 5.88 Å². The number of nitrogens with zero attached hydrogens (tertiary/aromatic N) is 1. The summed E-state index contributed by atoms with van der Waals surface area (Å²) in [6, 6.07) is 0.520. The third-order valence-electron chi connectivity index (χ3n) is 3.34. The zero-order chi connectivity index (χ0) is 21.3. The number of rotatable bonds is 9. The second-order valence-corrected chi connectivity index (χ2v) is 5.53. The van der Waals surface area contributed by atoms with Crippen LogP contribution in [0.2, 0.25) is 0 Å². The van der Waals surface area contributed by atoms with Gasteiger partial charge in [-0.2, -0.15) is 13.2 Å². The van der Waals surface area contributed by atoms with Gasteiger partial charge in [-0.05, 0) is 25.3 Å². The van der Waals surface area contributed by atoms with E-state index in [1.807, 2.05) is 10.9 Å². The number of carbonyl (C=O) groups is 2. The fraction of sp³-hybridized carbons (Fsp3) is 0.353. The number of halogens is 3. The van der Waals surface area contributed by atoms with Gasteiger partial charge >= 0.3 is 6.18 Å². The van der Waals surface area contributed by atoms with Gasteiger partial charge in [0, 0.05) is 0 Å². The normalized spacial score (nSPS) is 12.0. The molecule has 8 nitrogen and oxygen atoms in total. The number of anilines is 1. The van der Waals surface area contributed by atoms with E-state index in [2.05, 4.69) is 18.1 Å². The number of aromatic nitrogens is 1. The van der Waals surface area contributed by atoms with Crippen molar-refractivity contribution in [3.63, 3.8) is 0 Å². The molecule has 0 radical (unpaired) electrons. The van der Waals surface area contributed by atoms with Crippen molar-refractivity contribution >= 4 is 17.5 Å². The average molecular weight is 402 g/mol. The minimum atomic E-state index is -4.80. The standard InChI is InChI=1S/C17H21F3N4O4/c1-3-5-7-12(25)14(26)23-24-15(27)13-11(21)9-10(17(18,19)20)16(22-13)28-8-6-4-2/h3-4,9,12,25H,1-2,5-8,21H2,(H,23,26)(H,24,27). The molecule has 1 heterocycles. The highest BCUT2D eigenvalue weighted by molar-refractivity contribution is 5.98. The summed E-state index contributed by atoms with van der Waals surface area (Å²) < 4.78 is 44.4. The zero-order valence-electron chi connectivity index (χ0n) is 14.9. The van der Waals surface area contributed by atoms with Crippen LogP contribution in [0.3, 0.4) is 0 Å². The van der Waals surface area contributed by atoms with Crippen molar-refractivity contribution in [1.29, 1.82) is 0 Å². The van der Waals surface area contributed by atoms with E-state index in [1.54, 1.807) is 0 Å². The number of carbonyl (C=O) groups excluding carboxylic acids is 2. The monoisotopic (exact) mass is 402 g/mol. The number of nitrogens with two attached hydrogens (primary N) is 1. The number of nitrogen functional groups attached to an aromatic ring is 1. The van der Waals surface area contributed by atoms with Gasteiger partial charge in [-0.1, -0.05) is 12.2 Å². The molecule has 1 rings (SSSR count). The number of aliphatic hydroxyl groups is 1. The minimum absolute atomic E-state index is 0.0766. The summed E-state index contributed by atoms with van der Waals surface area (Å²) in [6.45, 7) is 6.72. The number of allylic oxidation sites excluding steroid dienone is 1. The summed E-state index contributed by atoms with van der Waals surface area (Å²) in [5.74, 6) is -2.82. The molecule has 1 atom stereocenters. The molecule has 11 heteroatoms. The lowest BCUT2D eigenvalue weighted by Crippen LogP contribution is -2.46. The van der Waals surface area contributed by atoms with Crippen LogP contribution >= 0.6 is 0 Å². The molecule has 0 bridgehead atoms. The van der Waals surface area contributed by atoms with Crippen LogP contribution < -0.4 is 21.3 Å². The minimum Gasteiger partial charge on any atom is -0.477 e. The van der Waals surface area contributed by atoms with Crippen molar-refractivity contribution in [2.45, 2.75) is 31.5 Å². The maximum Gasteiger partial charge on any atom is 0.421 e. The van der Waals surface area contributed by atoms with E-state index in [-0.39, 0.29) is 19.4 Å². The third kappa shape index (κ3) is 6.58. The number of alkyl halides is 3. The predicted molar refractivity (Wildman–Crippen MR) is 95.0 cm³/mol. The topological polar surface area (TPSA) is 127 Å². The molecule has 2 amide bonds. The fourth-order valence-electron chi connectivity index (χ4n) is 1.91. The Morgan fingerprint density at radius 1 is 1.29 bits per heavy atom. The van der Waals surface area contributed by atoms with E-state index < -0.39 is 46.9 Å². The van der Waals surface area contributed by atoms with Crippen molar-refractivity contribution in [3.05, 3.63) is 42.6 Å². The first-order valence-corrected chi connectivity index (χ1v) is 8.12. The molecule has 0 aliphatic heterocycles. The number of hydrogen-bond acceptors (Lipinski definition) is 6. The van der Waals surface area contributed by atoms with Crippen molar-refractivity contribution < 1.29 is 32.6 Å². The Morgan fingerprint density at radius 2 is 1.93 bits per heavy atom. The molecule has 0 saturated carbocycles. The molecular weight excluding hydrogens is 381 g/mol. The van der Waals surface area contributed by atoms with Gasteiger partial charge in [0.1, 0.15) is 11.7 Å². The number of nitrogens with one attached hydrogen (secondary N) is 2. The van der Waals surface area contributed by atoms with Gasteiger partial charge in [0.05, 0.1) is 12.3 Å². The van der Waals surface area contributed by atoms with Gasteiger partial charge in [-0.15, -0.1) is 13.2 Å². The molecule has 0 aliphatic carbocycles. The van der Waals surface area contributed by atoms with Crippen molar-refractivity contribution in [1.82, 2.24) is 15.8 Å². The van der Waals surface area contributed by atoms with Gasteiger partial charge in [-0.3, -0.25) is 20.4 Å². The molecule has 1 unspecified atom stereocenters. The molecule has 0 spiro atoms. The van der Waals surface area contributed by atoms with E-state index in [0.29, 0.717) is 12.5 Å². The van der Waals surface area contributed by atoms with E-state index in [0.717, 1.165) is 0 Å². The molecule has 0 saturated heterocycles. The number of hydrogen-bond donors (Lipinski definition) is 4. The number of hydrazine groups is 1. The fourth-order valence-corrected chi connectivity index (χ4v) is 1.91. The number of aliphatic hydroxyl groups excluding tert-OH is 1. The Labute approximate surface area is 159 Å². The highest BCUT2D eigenvalue weighted by Gasteiger charge is 2.37. The van der Waals surface area contributed by atoms with Crippen LogP contribution in [0.1, 0.15) is 35.3 Å². The zero-order valence-corrected chi connectivity index (χ0v) is 14.9. The summed E-state index contributed by atoms with van der Waals surface area (Å²) in [5, 5.41) is 9.57. The van der Waals surface area contributed by atoms with Crippen LogP contribution in [-0.2, 0) is 11.0 Å². The van der Waals surface area contributed by atoms with Crippen LogP contribution in [0.25, 0.3) is 0 Å². The Kier molecular flexibility index (Phi) is 8.45. The number of amides is 2. The second-order valence-electron chi connectivity index (χ2n) is 5.53. The smallest absolute Gasteiger partial charge is 0.421 e. The molecule has 0 aromatic carbocycles. The van der Waals surface area contributed by atoms with Gasteiger partial charge < -0.3 is 15.6 Å². The molecule has 0 fully saturated rings. The van der Waals surface area contributed by atoms with Crippen LogP contribution in [-0.4, -0.2) is 34.6 Å². The maximum absolute atomic E-state index is 13.1. The maximum atomic E-state index is 13.1. The largest absolute Gasteiger partial charge is 0.477 e. The number of pyridine rings is 1. The molecule has 5 N–H and O–H groups in total. The van der Waals surface area contributed by atoms with Crippen LogP contribution in [0.4, 0.5) is 18.9 Å². The first-order chi connectivity index (χ1) is 13.1.